The van der Waals surface area contributed by atoms with E-state index in [-0.39, 0.29) is 30.0 Å². The third-order valence-corrected chi connectivity index (χ3v) is 6.40. The summed E-state index contributed by atoms with van der Waals surface area (Å²) in [7, 11) is 0. The monoisotopic (exact) mass is 404 g/mol. The van der Waals surface area contributed by atoms with Gasteiger partial charge in [0.05, 0.1) is 13.1 Å². The Morgan fingerprint density at radius 1 is 1.28 bits per heavy atom. The molecule has 0 radical (unpaired) electrons. The van der Waals surface area contributed by atoms with Crippen LogP contribution in [0.5, 0.6) is 0 Å². The summed E-state index contributed by atoms with van der Waals surface area (Å²) in [5, 5.41) is 3.47. The Morgan fingerprint density at radius 2 is 2.03 bits per heavy atom. The third kappa shape index (κ3) is 4.58. The fourth-order valence-corrected chi connectivity index (χ4v) is 4.59. The number of nitrogens with zero attached hydrogens (tertiary/aromatic N) is 3. The number of carbonyl (C=O) groups is 1. The van der Waals surface area contributed by atoms with Gasteiger partial charge in [-0.05, 0) is 46.1 Å². The molecular weight excluding hydrogens is 372 g/mol. The second-order valence-corrected chi connectivity index (χ2v) is 9.25. The van der Waals surface area contributed by atoms with Crippen LogP contribution in [0.1, 0.15) is 46.5 Å². The molecule has 4 aliphatic heterocycles. The summed E-state index contributed by atoms with van der Waals surface area (Å²) in [4.78, 5) is 20.2. The molecule has 0 aromatic carbocycles. The first-order valence-corrected chi connectivity index (χ1v) is 10.6. The van der Waals surface area contributed by atoms with Crippen LogP contribution >= 0.6 is 0 Å². The van der Waals surface area contributed by atoms with Gasteiger partial charge in [0.15, 0.2) is 5.79 Å². The van der Waals surface area contributed by atoms with E-state index in [1.54, 1.807) is 4.90 Å². The molecule has 3 saturated heterocycles. The molecule has 29 heavy (non-hydrogen) atoms. The first-order chi connectivity index (χ1) is 13.8. The molecule has 4 rings (SSSR count). The van der Waals surface area contributed by atoms with Crippen LogP contribution < -0.4 is 5.32 Å². The highest BCUT2D eigenvalue weighted by Gasteiger charge is 2.46. The summed E-state index contributed by atoms with van der Waals surface area (Å²) in [5.74, 6) is 0.379. The highest BCUT2D eigenvalue weighted by Crippen LogP contribution is 2.35. The zero-order valence-corrected chi connectivity index (χ0v) is 17.6. The van der Waals surface area contributed by atoms with Crippen LogP contribution in [0.25, 0.3) is 4.85 Å². The van der Waals surface area contributed by atoms with E-state index >= 15 is 0 Å². The first-order valence-electron chi connectivity index (χ1n) is 10.6. The van der Waals surface area contributed by atoms with E-state index in [1.165, 1.54) is 0 Å². The number of likely N-dealkylation sites (tertiary alicyclic amines) is 2. The standard InChI is InChI=1S/C21H32N4O4/c1-20(2)28-16-12-15(27-19(16)29-20)14-24-10-7-21(3,8-11-24)23-13-18(26)25-9-5-6-17(25)22-4/h12,16-17,19,23H,5-11,13-14H2,1-3H3/t16-,17+,19-/m1/s1. The number of hydrogen-bond donors (Lipinski definition) is 1. The van der Waals surface area contributed by atoms with Crippen molar-refractivity contribution in [3.05, 3.63) is 23.3 Å². The molecule has 1 N–H and O–H groups in total. The molecule has 3 fully saturated rings. The van der Waals surface area contributed by atoms with Crippen molar-refractivity contribution < 1.29 is 19.0 Å². The molecule has 0 bridgehead atoms. The lowest BCUT2D eigenvalue weighted by Gasteiger charge is -2.40. The van der Waals surface area contributed by atoms with E-state index < -0.39 is 5.79 Å². The molecule has 0 saturated carbocycles. The molecular formula is C21H32N4O4. The number of piperidine rings is 1. The van der Waals surface area contributed by atoms with Crippen LogP contribution in [0.2, 0.25) is 0 Å². The Bertz CT molecular complexity index is 708. The van der Waals surface area contributed by atoms with Crippen molar-refractivity contribution in [2.45, 2.75) is 76.3 Å². The van der Waals surface area contributed by atoms with Crippen molar-refractivity contribution in [3.8, 4) is 0 Å². The van der Waals surface area contributed by atoms with E-state index in [9.17, 15) is 4.79 Å². The topological polar surface area (TPSA) is 67.6 Å². The lowest BCUT2D eigenvalue weighted by molar-refractivity contribution is -0.182. The lowest BCUT2D eigenvalue weighted by Crippen LogP contribution is -2.54. The smallest absolute Gasteiger partial charge is 0.300 e. The van der Waals surface area contributed by atoms with Crippen molar-refractivity contribution in [1.29, 1.82) is 0 Å². The molecule has 4 heterocycles. The maximum Gasteiger partial charge on any atom is 0.300 e. The maximum atomic E-state index is 12.5. The number of rotatable bonds is 5. The van der Waals surface area contributed by atoms with E-state index in [4.69, 9.17) is 20.8 Å². The minimum absolute atomic E-state index is 0.0473. The average molecular weight is 405 g/mol. The van der Waals surface area contributed by atoms with E-state index in [2.05, 4.69) is 22.0 Å². The molecule has 0 aliphatic carbocycles. The van der Waals surface area contributed by atoms with Crippen molar-refractivity contribution >= 4 is 5.91 Å². The van der Waals surface area contributed by atoms with E-state index in [0.717, 1.165) is 51.1 Å². The largest absolute Gasteiger partial charge is 0.465 e. The lowest BCUT2D eigenvalue weighted by atomic mass is 9.89. The van der Waals surface area contributed by atoms with Gasteiger partial charge in [-0.25, -0.2) is 6.57 Å². The Labute approximate surface area is 172 Å². The molecule has 0 unspecified atom stereocenters. The number of nitrogens with one attached hydrogen (secondary N) is 1. The van der Waals surface area contributed by atoms with Gasteiger partial charge in [-0.1, -0.05) is 0 Å². The molecule has 0 aromatic rings. The molecule has 0 spiro atoms. The van der Waals surface area contributed by atoms with Crippen molar-refractivity contribution in [2.24, 2.45) is 0 Å². The number of hydrogen-bond acceptors (Lipinski definition) is 6. The van der Waals surface area contributed by atoms with Gasteiger partial charge in [-0.15, -0.1) is 0 Å². The number of ether oxygens (including phenoxy) is 3. The Kier molecular flexibility index (Phi) is 5.60. The summed E-state index contributed by atoms with van der Waals surface area (Å²) >= 11 is 0. The second kappa shape index (κ2) is 7.88. The minimum Gasteiger partial charge on any atom is -0.465 e. The quantitative estimate of drug-likeness (QED) is 0.704. The summed E-state index contributed by atoms with van der Waals surface area (Å²) in [6.45, 7) is 16.9. The van der Waals surface area contributed by atoms with Gasteiger partial charge >= 0.3 is 6.17 Å². The van der Waals surface area contributed by atoms with Gasteiger partial charge in [0.2, 0.25) is 12.2 Å². The maximum absolute atomic E-state index is 12.5. The summed E-state index contributed by atoms with van der Waals surface area (Å²) in [6.07, 6.45) is 4.98. The van der Waals surface area contributed by atoms with Gasteiger partial charge in [0, 0.05) is 31.6 Å². The molecule has 0 aromatic heterocycles. The van der Waals surface area contributed by atoms with Gasteiger partial charge in [-0.3, -0.25) is 19.4 Å². The second-order valence-electron chi connectivity index (χ2n) is 9.25. The van der Waals surface area contributed by atoms with Gasteiger partial charge in [0.25, 0.3) is 0 Å². The van der Waals surface area contributed by atoms with Crippen LogP contribution in [0.4, 0.5) is 0 Å². The summed E-state index contributed by atoms with van der Waals surface area (Å²) in [6, 6.07) is 0. The first kappa shape index (κ1) is 20.6. The fraction of sp³-hybridized carbons (Fsp3) is 0.810. The number of carbonyl (C=O) groups excluding carboxylic acids is 1. The Balaban J connectivity index is 1.21. The minimum atomic E-state index is -0.586. The molecule has 1 amide bonds. The van der Waals surface area contributed by atoms with Gasteiger partial charge < -0.3 is 19.5 Å². The highest BCUT2D eigenvalue weighted by molar-refractivity contribution is 5.79. The third-order valence-electron chi connectivity index (χ3n) is 6.40. The average Bonchev–Trinajstić information content (AvgIpc) is 3.34. The van der Waals surface area contributed by atoms with Crippen molar-refractivity contribution in [2.75, 3.05) is 32.7 Å². The van der Waals surface area contributed by atoms with Crippen LogP contribution in [-0.4, -0.2) is 78.3 Å². The van der Waals surface area contributed by atoms with Crippen LogP contribution in [-0.2, 0) is 19.0 Å². The molecule has 160 valence electrons. The molecule has 8 heteroatoms. The van der Waals surface area contributed by atoms with Gasteiger partial charge in [-0.2, -0.15) is 0 Å². The van der Waals surface area contributed by atoms with E-state index in [1.807, 2.05) is 19.9 Å². The fourth-order valence-electron chi connectivity index (χ4n) is 4.59. The Morgan fingerprint density at radius 3 is 2.72 bits per heavy atom. The van der Waals surface area contributed by atoms with Crippen LogP contribution in [0.3, 0.4) is 0 Å². The van der Waals surface area contributed by atoms with Crippen LogP contribution in [0.15, 0.2) is 11.8 Å². The zero-order chi connectivity index (χ0) is 20.6. The number of fused-ring (bicyclic) bond motifs is 1. The summed E-state index contributed by atoms with van der Waals surface area (Å²) < 4.78 is 17.5. The normalized spacial score (nSPS) is 33.1. The van der Waals surface area contributed by atoms with E-state index in [0.29, 0.717) is 13.1 Å². The SMILES string of the molecule is [C-]#[N+][C@@H]1CCCN1C(=O)CNC1(C)CCN(CC2=C[C@H]3OC(C)(C)O[C@H]3O2)CC1. The molecule has 3 atom stereocenters. The Hall–Kier alpha value is -1.66. The molecule has 8 nitrogen and oxygen atoms in total. The van der Waals surface area contributed by atoms with Crippen molar-refractivity contribution in [1.82, 2.24) is 15.1 Å². The predicted octanol–water partition coefficient (Wildman–Crippen LogP) is 1.69. The predicted molar refractivity (Wildman–Crippen MR) is 106 cm³/mol. The highest BCUT2D eigenvalue weighted by atomic mass is 16.8. The number of amides is 1. The molecule has 4 aliphatic rings. The zero-order valence-electron chi connectivity index (χ0n) is 17.6. The van der Waals surface area contributed by atoms with Crippen LogP contribution in [0, 0.1) is 6.57 Å². The van der Waals surface area contributed by atoms with Gasteiger partial charge in [0.1, 0.15) is 11.9 Å². The summed E-state index contributed by atoms with van der Waals surface area (Å²) in [5.41, 5.74) is -0.0584. The van der Waals surface area contributed by atoms with Crippen molar-refractivity contribution in [3.63, 3.8) is 0 Å².